The van der Waals surface area contributed by atoms with Crippen LogP contribution < -0.4 is 10.6 Å². The second-order valence-corrected chi connectivity index (χ2v) is 4.69. The quantitative estimate of drug-likeness (QED) is 0.906. The predicted molar refractivity (Wildman–Crippen MR) is 74.2 cm³/mol. The molecule has 6 nitrogen and oxygen atoms in total. The number of anilines is 2. The molecule has 0 aliphatic heterocycles. The van der Waals surface area contributed by atoms with Crippen LogP contribution in [-0.2, 0) is 0 Å². The van der Waals surface area contributed by atoms with E-state index in [4.69, 9.17) is 0 Å². The van der Waals surface area contributed by atoms with Gasteiger partial charge in [0, 0.05) is 17.7 Å². The number of amides is 2. The van der Waals surface area contributed by atoms with Crippen LogP contribution in [0.4, 0.5) is 20.7 Å². The van der Waals surface area contributed by atoms with Crippen LogP contribution in [-0.4, -0.2) is 20.8 Å². The summed E-state index contributed by atoms with van der Waals surface area (Å²) in [5, 5.41) is 9.42. The SMILES string of the molecule is Cc1cnn(C(C)C)c1NC(=O)Nc1cncc(F)c1. The summed E-state index contributed by atoms with van der Waals surface area (Å²) in [5.74, 6) is 0.105. The molecule has 0 aliphatic rings. The highest BCUT2D eigenvalue weighted by Crippen LogP contribution is 2.19. The van der Waals surface area contributed by atoms with Gasteiger partial charge in [0.05, 0.1) is 24.3 Å². The topological polar surface area (TPSA) is 71.8 Å². The molecular formula is C13H16FN5O. The summed E-state index contributed by atoms with van der Waals surface area (Å²) in [7, 11) is 0. The van der Waals surface area contributed by atoms with E-state index < -0.39 is 11.8 Å². The van der Waals surface area contributed by atoms with Crippen molar-refractivity contribution in [2.24, 2.45) is 0 Å². The molecule has 0 atom stereocenters. The van der Waals surface area contributed by atoms with Crippen molar-refractivity contribution in [3.63, 3.8) is 0 Å². The third kappa shape index (κ3) is 3.11. The van der Waals surface area contributed by atoms with Gasteiger partial charge in [-0.15, -0.1) is 0 Å². The number of carbonyl (C=O) groups excluding carboxylic acids is 1. The van der Waals surface area contributed by atoms with Gasteiger partial charge in [0.1, 0.15) is 11.6 Å². The van der Waals surface area contributed by atoms with Gasteiger partial charge in [-0.2, -0.15) is 5.10 Å². The highest BCUT2D eigenvalue weighted by Gasteiger charge is 2.13. The predicted octanol–water partition coefficient (Wildman–Crippen LogP) is 2.95. The standard InChI is InChI=1S/C13H16FN5O/c1-8(2)19-12(9(3)5-16-19)18-13(20)17-11-4-10(14)6-15-7-11/h4-8H,1-3H3,(H2,17,18,20). The van der Waals surface area contributed by atoms with Crippen LogP contribution >= 0.6 is 0 Å². The van der Waals surface area contributed by atoms with Crippen LogP contribution in [0.1, 0.15) is 25.5 Å². The van der Waals surface area contributed by atoms with Crippen molar-refractivity contribution in [3.05, 3.63) is 36.0 Å². The van der Waals surface area contributed by atoms with E-state index in [1.807, 2.05) is 20.8 Å². The molecule has 7 heteroatoms. The van der Waals surface area contributed by atoms with Crippen LogP contribution in [0.2, 0.25) is 0 Å². The number of pyridine rings is 1. The Balaban J connectivity index is 2.10. The molecule has 0 fully saturated rings. The number of nitrogens with one attached hydrogen (secondary N) is 2. The summed E-state index contributed by atoms with van der Waals surface area (Å²) in [4.78, 5) is 15.6. The molecule has 2 N–H and O–H groups in total. The van der Waals surface area contributed by atoms with Gasteiger partial charge >= 0.3 is 6.03 Å². The number of urea groups is 1. The number of nitrogens with zero attached hydrogens (tertiary/aromatic N) is 3. The van der Waals surface area contributed by atoms with E-state index in [0.717, 1.165) is 11.8 Å². The highest BCUT2D eigenvalue weighted by molar-refractivity contribution is 5.99. The van der Waals surface area contributed by atoms with Gasteiger partial charge in [-0.25, -0.2) is 13.9 Å². The van der Waals surface area contributed by atoms with Crippen molar-refractivity contribution in [2.75, 3.05) is 10.6 Å². The molecule has 20 heavy (non-hydrogen) atoms. The van der Waals surface area contributed by atoms with Crippen molar-refractivity contribution in [1.82, 2.24) is 14.8 Å². The molecule has 2 aromatic heterocycles. The fourth-order valence-electron chi connectivity index (χ4n) is 1.75. The van der Waals surface area contributed by atoms with Crippen LogP contribution in [0.3, 0.4) is 0 Å². The zero-order chi connectivity index (χ0) is 14.7. The molecule has 0 aliphatic carbocycles. The number of aromatic nitrogens is 3. The van der Waals surface area contributed by atoms with Gasteiger partial charge in [0.15, 0.2) is 0 Å². The zero-order valence-electron chi connectivity index (χ0n) is 11.5. The maximum Gasteiger partial charge on any atom is 0.324 e. The second kappa shape index (κ2) is 5.68. The number of carbonyl (C=O) groups is 1. The molecule has 0 bridgehead atoms. The molecule has 0 radical (unpaired) electrons. The molecule has 2 heterocycles. The monoisotopic (exact) mass is 277 g/mol. The highest BCUT2D eigenvalue weighted by atomic mass is 19.1. The third-order valence-corrected chi connectivity index (χ3v) is 2.66. The lowest BCUT2D eigenvalue weighted by molar-refractivity contribution is 0.262. The van der Waals surface area contributed by atoms with E-state index in [1.165, 1.54) is 12.3 Å². The molecular weight excluding hydrogens is 261 g/mol. The fraction of sp³-hybridized carbons (Fsp3) is 0.308. The van der Waals surface area contributed by atoms with Crippen molar-refractivity contribution >= 4 is 17.5 Å². The van der Waals surface area contributed by atoms with Crippen molar-refractivity contribution in [2.45, 2.75) is 26.8 Å². The van der Waals surface area contributed by atoms with Crippen molar-refractivity contribution in [3.8, 4) is 0 Å². The summed E-state index contributed by atoms with van der Waals surface area (Å²) in [6, 6.07) is 0.844. The van der Waals surface area contributed by atoms with E-state index in [0.29, 0.717) is 5.82 Å². The first-order valence-corrected chi connectivity index (χ1v) is 6.20. The Kier molecular flexibility index (Phi) is 3.97. The van der Waals surface area contributed by atoms with Gasteiger partial charge in [-0.3, -0.25) is 10.3 Å². The van der Waals surface area contributed by atoms with E-state index in [2.05, 4.69) is 20.7 Å². The number of hydrogen-bond acceptors (Lipinski definition) is 3. The maximum absolute atomic E-state index is 13.0. The molecule has 0 aromatic carbocycles. The Morgan fingerprint density at radius 3 is 2.70 bits per heavy atom. The van der Waals surface area contributed by atoms with E-state index in [9.17, 15) is 9.18 Å². The maximum atomic E-state index is 13.0. The first-order valence-electron chi connectivity index (χ1n) is 6.20. The minimum atomic E-state index is -0.508. The first-order chi connectivity index (χ1) is 9.47. The van der Waals surface area contributed by atoms with Gasteiger partial charge in [0.25, 0.3) is 0 Å². The van der Waals surface area contributed by atoms with Crippen LogP contribution in [0.15, 0.2) is 24.7 Å². The van der Waals surface area contributed by atoms with Gasteiger partial charge in [-0.05, 0) is 20.8 Å². The van der Waals surface area contributed by atoms with Gasteiger partial charge in [-0.1, -0.05) is 0 Å². The lowest BCUT2D eigenvalue weighted by atomic mass is 10.3. The smallest absolute Gasteiger partial charge is 0.306 e. The third-order valence-electron chi connectivity index (χ3n) is 2.66. The summed E-state index contributed by atoms with van der Waals surface area (Å²) in [6.07, 6.45) is 4.12. The van der Waals surface area contributed by atoms with E-state index in [1.54, 1.807) is 10.9 Å². The molecule has 2 rings (SSSR count). The van der Waals surface area contributed by atoms with Crippen LogP contribution in [0.25, 0.3) is 0 Å². The minimum Gasteiger partial charge on any atom is -0.306 e. The lowest BCUT2D eigenvalue weighted by Crippen LogP contribution is -2.22. The molecule has 2 amide bonds. The average Bonchev–Trinajstić information content (AvgIpc) is 2.71. The normalized spacial score (nSPS) is 10.7. The van der Waals surface area contributed by atoms with E-state index >= 15 is 0 Å². The van der Waals surface area contributed by atoms with Crippen molar-refractivity contribution < 1.29 is 9.18 Å². The number of halogens is 1. The molecule has 2 aromatic rings. The minimum absolute atomic E-state index is 0.120. The van der Waals surface area contributed by atoms with Crippen LogP contribution in [0.5, 0.6) is 0 Å². The molecule has 106 valence electrons. The largest absolute Gasteiger partial charge is 0.324 e. The van der Waals surface area contributed by atoms with Crippen LogP contribution in [0, 0.1) is 12.7 Å². The Morgan fingerprint density at radius 2 is 2.05 bits per heavy atom. The van der Waals surface area contributed by atoms with E-state index in [-0.39, 0.29) is 11.7 Å². The molecule has 0 saturated carbocycles. The Hall–Kier alpha value is -2.44. The molecule has 0 spiro atoms. The second-order valence-electron chi connectivity index (χ2n) is 4.69. The zero-order valence-corrected chi connectivity index (χ0v) is 11.5. The first kappa shape index (κ1) is 14.0. The Bertz CT molecular complexity index is 623. The van der Waals surface area contributed by atoms with Gasteiger partial charge in [0.2, 0.25) is 0 Å². The summed E-state index contributed by atoms with van der Waals surface area (Å²) >= 11 is 0. The number of rotatable bonds is 3. The average molecular weight is 277 g/mol. The van der Waals surface area contributed by atoms with Crippen molar-refractivity contribution in [1.29, 1.82) is 0 Å². The van der Waals surface area contributed by atoms with Gasteiger partial charge < -0.3 is 5.32 Å². The summed E-state index contributed by atoms with van der Waals surface area (Å²) in [6.45, 7) is 5.78. The Labute approximate surface area is 116 Å². The number of hydrogen-bond donors (Lipinski definition) is 2. The Morgan fingerprint density at radius 1 is 1.30 bits per heavy atom. The lowest BCUT2D eigenvalue weighted by Gasteiger charge is -2.13. The summed E-state index contributed by atoms with van der Waals surface area (Å²) < 4.78 is 14.7. The molecule has 0 unspecified atom stereocenters. The molecule has 0 saturated heterocycles. The summed E-state index contributed by atoms with van der Waals surface area (Å²) in [5.41, 5.74) is 1.14. The fourth-order valence-corrected chi connectivity index (χ4v) is 1.75. The number of aryl methyl sites for hydroxylation is 1.